The Labute approximate surface area is 102 Å². The van der Waals surface area contributed by atoms with Gasteiger partial charge in [0.15, 0.2) is 5.41 Å². The standard InChI is InChI=1S/C10H15F3N2O3/c1-8(2,7(17)18)15-6(16)9(10(11,12)13)3-4-14-5-9/h14H,3-5H2,1-2H3,(H,15,16)(H,17,18). The van der Waals surface area contributed by atoms with Gasteiger partial charge in [-0.25, -0.2) is 4.79 Å². The van der Waals surface area contributed by atoms with Crippen LogP contribution in [0.1, 0.15) is 20.3 Å². The zero-order valence-electron chi connectivity index (χ0n) is 10.0. The number of carbonyl (C=O) groups excluding carboxylic acids is 1. The van der Waals surface area contributed by atoms with Crippen molar-refractivity contribution in [2.75, 3.05) is 13.1 Å². The summed E-state index contributed by atoms with van der Waals surface area (Å²) in [6.45, 7) is 1.82. The van der Waals surface area contributed by atoms with Crippen molar-refractivity contribution in [1.82, 2.24) is 10.6 Å². The summed E-state index contributed by atoms with van der Waals surface area (Å²) in [4.78, 5) is 22.6. The first kappa shape index (κ1) is 14.7. The first-order valence-corrected chi connectivity index (χ1v) is 5.36. The smallest absolute Gasteiger partial charge is 0.404 e. The Balaban J connectivity index is 2.96. The number of hydrogen-bond acceptors (Lipinski definition) is 3. The van der Waals surface area contributed by atoms with Crippen LogP contribution in [0.15, 0.2) is 0 Å². The molecule has 1 rings (SSSR count). The maximum Gasteiger partial charge on any atom is 0.404 e. The Morgan fingerprint density at radius 2 is 1.89 bits per heavy atom. The molecule has 0 saturated carbocycles. The number of alkyl halides is 3. The Hall–Kier alpha value is -1.31. The van der Waals surface area contributed by atoms with Gasteiger partial charge in [-0.1, -0.05) is 0 Å². The summed E-state index contributed by atoms with van der Waals surface area (Å²) in [6.07, 6.45) is -5.10. The molecular formula is C10H15F3N2O3. The fourth-order valence-electron chi connectivity index (χ4n) is 1.71. The highest BCUT2D eigenvalue weighted by molar-refractivity contribution is 5.90. The lowest BCUT2D eigenvalue weighted by atomic mass is 9.84. The third-order valence-corrected chi connectivity index (χ3v) is 3.09. The van der Waals surface area contributed by atoms with Crippen molar-refractivity contribution < 1.29 is 27.9 Å². The molecular weight excluding hydrogens is 253 g/mol. The summed E-state index contributed by atoms with van der Waals surface area (Å²) in [6, 6.07) is 0. The van der Waals surface area contributed by atoms with E-state index in [-0.39, 0.29) is 6.54 Å². The van der Waals surface area contributed by atoms with Crippen molar-refractivity contribution >= 4 is 11.9 Å². The summed E-state index contributed by atoms with van der Waals surface area (Å²) in [7, 11) is 0. The van der Waals surface area contributed by atoms with E-state index in [1.54, 1.807) is 0 Å². The quantitative estimate of drug-likeness (QED) is 0.697. The van der Waals surface area contributed by atoms with Crippen LogP contribution in [0.2, 0.25) is 0 Å². The molecule has 0 aromatic heterocycles. The number of nitrogens with one attached hydrogen (secondary N) is 2. The van der Waals surface area contributed by atoms with E-state index in [9.17, 15) is 22.8 Å². The number of carbonyl (C=O) groups is 2. The molecule has 5 nitrogen and oxygen atoms in total. The van der Waals surface area contributed by atoms with E-state index in [1.165, 1.54) is 0 Å². The van der Waals surface area contributed by atoms with Gasteiger partial charge in [0.2, 0.25) is 5.91 Å². The van der Waals surface area contributed by atoms with Crippen LogP contribution in [0.5, 0.6) is 0 Å². The Kier molecular flexibility index (Phi) is 3.62. The SMILES string of the molecule is CC(C)(NC(=O)C1(C(F)(F)F)CCNC1)C(=O)O. The Morgan fingerprint density at radius 3 is 2.22 bits per heavy atom. The number of amides is 1. The number of aliphatic carboxylic acids is 1. The molecule has 1 atom stereocenters. The first-order valence-electron chi connectivity index (χ1n) is 5.36. The van der Waals surface area contributed by atoms with Gasteiger partial charge >= 0.3 is 12.1 Å². The Morgan fingerprint density at radius 1 is 1.33 bits per heavy atom. The zero-order chi connectivity index (χ0) is 14.2. The average molecular weight is 268 g/mol. The molecule has 3 N–H and O–H groups in total. The number of carboxylic acids is 1. The second-order valence-electron chi connectivity index (χ2n) is 4.89. The van der Waals surface area contributed by atoms with Crippen molar-refractivity contribution in [2.24, 2.45) is 5.41 Å². The van der Waals surface area contributed by atoms with Crippen molar-refractivity contribution in [1.29, 1.82) is 0 Å². The van der Waals surface area contributed by atoms with Crippen molar-refractivity contribution in [3.8, 4) is 0 Å². The van der Waals surface area contributed by atoms with Crippen molar-refractivity contribution in [3.05, 3.63) is 0 Å². The van der Waals surface area contributed by atoms with Gasteiger partial charge in [-0.2, -0.15) is 13.2 Å². The highest BCUT2D eigenvalue weighted by Crippen LogP contribution is 2.43. The largest absolute Gasteiger partial charge is 0.480 e. The fourth-order valence-corrected chi connectivity index (χ4v) is 1.71. The van der Waals surface area contributed by atoms with Crippen LogP contribution in [-0.4, -0.2) is 41.8 Å². The third-order valence-electron chi connectivity index (χ3n) is 3.09. The van der Waals surface area contributed by atoms with Gasteiger partial charge in [0, 0.05) is 6.54 Å². The lowest BCUT2D eigenvalue weighted by molar-refractivity contribution is -0.217. The topological polar surface area (TPSA) is 78.4 Å². The molecule has 1 aliphatic heterocycles. The molecule has 0 aromatic rings. The van der Waals surface area contributed by atoms with E-state index in [2.05, 4.69) is 5.32 Å². The van der Waals surface area contributed by atoms with Crippen LogP contribution in [-0.2, 0) is 9.59 Å². The van der Waals surface area contributed by atoms with E-state index in [4.69, 9.17) is 5.11 Å². The van der Waals surface area contributed by atoms with Crippen LogP contribution in [0, 0.1) is 5.41 Å². The molecule has 8 heteroatoms. The summed E-state index contributed by atoms with van der Waals surface area (Å²) >= 11 is 0. The van der Waals surface area contributed by atoms with Gasteiger partial charge in [0.05, 0.1) is 0 Å². The maximum atomic E-state index is 13.0. The number of rotatable bonds is 3. The van der Waals surface area contributed by atoms with Crippen molar-refractivity contribution in [3.63, 3.8) is 0 Å². The summed E-state index contributed by atoms with van der Waals surface area (Å²) in [5.41, 5.74) is -4.28. The van der Waals surface area contributed by atoms with Gasteiger partial charge in [0.25, 0.3) is 0 Å². The highest BCUT2D eigenvalue weighted by atomic mass is 19.4. The van der Waals surface area contributed by atoms with Gasteiger partial charge < -0.3 is 15.7 Å². The minimum atomic E-state index is -4.71. The van der Waals surface area contributed by atoms with Crippen LogP contribution in [0.25, 0.3) is 0 Å². The van der Waals surface area contributed by atoms with Gasteiger partial charge in [-0.05, 0) is 26.8 Å². The number of hydrogen-bond donors (Lipinski definition) is 3. The van der Waals surface area contributed by atoms with E-state index >= 15 is 0 Å². The van der Waals surface area contributed by atoms with Crippen LogP contribution in [0.3, 0.4) is 0 Å². The van der Waals surface area contributed by atoms with Crippen LogP contribution < -0.4 is 10.6 Å². The molecule has 1 aliphatic rings. The molecule has 18 heavy (non-hydrogen) atoms. The van der Waals surface area contributed by atoms with Crippen LogP contribution >= 0.6 is 0 Å². The molecule has 1 heterocycles. The second kappa shape index (κ2) is 4.42. The van der Waals surface area contributed by atoms with Gasteiger partial charge in [0.1, 0.15) is 5.54 Å². The summed E-state index contributed by atoms with van der Waals surface area (Å²) < 4.78 is 39.0. The molecule has 0 aliphatic carbocycles. The van der Waals surface area contributed by atoms with Crippen LogP contribution in [0.4, 0.5) is 13.2 Å². The molecule has 104 valence electrons. The predicted octanol–water partition coefficient (Wildman–Crippen LogP) is 0.508. The average Bonchev–Trinajstić information content (AvgIpc) is 2.64. The molecule has 0 aromatic carbocycles. The van der Waals surface area contributed by atoms with Crippen molar-refractivity contribution in [2.45, 2.75) is 32.0 Å². The number of carboxylic acid groups (broad SMARTS) is 1. The monoisotopic (exact) mass is 268 g/mol. The van der Waals surface area contributed by atoms with Gasteiger partial charge in [-0.3, -0.25) is 4.79 Å². The Bertz CT molecular complexity index is 360. The molecule has 1 saturated heterocycles. The van der Waals surface area contributed by atoms with E-state index < -0.39 is 42.0 Å². The third kappa shape index (κ3) is 2.43. The second-order valence-corrected chi connectivity index (χ2v) is 4.89. The summed E-state index contributed by atoms with van der Waals surface area (Å²) in [5, 5.41) is 13.2. The van der Waals surface area contributed by atoms with E-state index in [0.29, 0.717) is 0 Å². The number of halogens is 3. The maximum absolute atomic E-state index is 13.0. The molecule has 0 bridgehead atoms. The molecule has 1 amide bonds. The lowest BCUT2D eigenvalue weighted by Gasteiger charge is -2.32. The normalized spacial score (nSPS) is 24.9. The zero-order valence-corrected chi connectivity index (χ0v) is 10.0. The first-order chi connectivity index (χ1) is 8.03. The molecule has 1 fully saturated rings. The fraction of sp³-hybridized carbons (Fsp3) is 0.800. The lowest BCUT2D eigenvalue weighted by Crippen LogP contribution is -2.59. The summed E-state index contributed by atoms with van der Waals surface area (Å²) in [5.74, 6) is -2.69. The molecule has 0 radical (unpaired) electrons. The van der Waals surface area contributed by atoms with Gasteiger partial charge in [-0.15, -0.1) is 0 Å². The predicted molar refractivity (Wildman–Crippen MR) is 55.8 cm³/mol. The van der Waals surface area contributed by atoms with E-state index in [0.717, 1.165) is 13.8 Å². The molecule has 1 unspecified atom stereocenters. The molecule has 0 spiro atoms. The minimum Gasteiger partial charge on any atom is -0.480 e. The van der Waals surface area contributed by atoms with E-state index in [1.807, 2.05) is 5.32 Å². The minimum absolute atomic E-state index is 0.0699. The highest BCUT2D eigenvalue weighted by Gasteiger charge is 2.62.